The van der Waals surface area contributed by atoms with Crippen LogP contribution in [-0.2, 0) is 16.1 Å². The number of hydrogen-bond donors (Lipinski definition) is 0. The molecule has 2 aromatic carbocycles. The van der Waals surface area contributed by atoms with Gasteiger partial charge in [0, 0.05) is 50.7 Å². The summed E-state index contributed by atoms with van der Waals surface area (Å²) in [6, 6.07) is 15.3. The largest absolute Gasteiger partial charge is 0.482 e. The van der Waals surface area contributed by atoms with Crippen LogP contribution in [0.15, 0.2) is 48.5 Å². The minimum Gasteiger partial charge on any atom is -0.482 e. The molecule has 0 spiro atoms. The smallest absolute Gasteiger partial charge is 0.265 e. The number of piperazine rings is 1. The van der Waals surface area contributed by atoms with Gasteiger partial charge in [0.15, 0.2) is 6.61 Å². The van der Waals surface area contributed by atoms with E-state index in [1.54, 1.807) is 4.90 Å². The van der Waals surface area contributed by atoms with Gasteiger partial charge in [-0.25, -0.2) is 0 Å². The normalized spacial score (nSPS) is 17.1. The number of carbonyl (C=O) groups excluding carboxylic acids is 2. The lowest BCUT2D eigenvalue weighted by Gasteiger charge is -2.35. The summed E-state index contributed by atoms with van der Waals surface area (Å²) in [5.74, 6) is 0.668. The van der Waals surface area contributed by atoms with Gasteiger partial charge in [0.05, 0.1) is 5.69 Å². The Labute approximate surface area is 175 Å². The van der Waals surface area contributed by atoms with Crippen LogP contribution in [0.4, 0.5) is 5.69 Å². The molecule has 2 aliphatic rings. The Morgan fingerprint density at radius 2 is 1.83 bits per heavy atom. The molecule has 0 bridgehead atoms. The molecule has 1 fully saturated rings. The van der Waals surface area contributed by atoms with Gasteiger partial charge in [-0.05, 0) is 29.8 Å². The van der Waals surface area contributed by atoms with E-state index in [0.29, 0.717) is 31.8 Å². The first-order valence-corrected chi connectivity index (χ1v) is 10.2. The minimum atomic E-state index is -0.108. The maximum Gasteiger partial charge on any atom is 0.265 e. The second kappa shape index (κ2) is 8.84. The van der Waals surface area contributed by atoms with Crippen LogP contribution in [-0.4, -0.2) is 60.9 Å². The summed E-state index contributed by atoms with van der Waals surface area (Å²) >= 11 is 6.06. The molecule has 0 aliphatic carbocycles. The molecular weight excluding hydrogens is 390 g/mol. The van der Waals surface area contributed by atoms with Crippen molar-refractivity contribution in [3.63, 3.8) is 0 Å². The first kappa shape index (κ1) is 19.7. The molecule has 0 saturated carbocycles. The van der Waals surface area contributed by atoms with Gasteiger partial charge in [0.1, 0.15) is 5.75 Å². The van der Waals surface area contributed by atoms with Crippen molar-refractivity contribution in [1.29, 1.82) is 0 Å². The maximum atomic E-state index is 12.7. The van der Waals surface area contributed by atoms with Gasteiger partial charge in [-0.3, -0.25) is 14.5 Å². The van der Waals surface area contributed by atoms with Gasteiger partial charge in [0.2, 0.25) is 5.91 Å². The van der Waals surface area contributed by atoms with Gasteiger partial charge in [0.25, 0.3) is 5.91 Å². The summed E-state index contributed by atoms with van der Waals surface area (Å²) in [6.07, 6.45) is 0.314. The monoisotopic (exact) mass is 413 g/mol. The Balaban J connectivity index is 1.28. The fourth-order valence-electron chi connectivity index (χ4n) is 3.81. The van der Waals surface area contributed by atoms with Crippen molar-refractivity contribution in [3.8, 4) is 5.75 Å². The number of carbonyl (C=O) groups is 2. The van der Waals surface area contributed by atoms with E-state index in [4.69, 9.17) is 16.3 Å². The molecule has 0 aromatic heterocycles. The number of fused-ring (bicyclic) bond motifs is 1. The number of amides is 2. The second-order valence-electron chi connectivity index (χ2n) is 7.34. The number of anilines is 1. The van der Waals surface area contributed by atoms with Crippen LogP contribution in [0.25, 0.3) is 0 Å². The molecule has 2 heterocycles. The van der Waals surface area contributed by atoms with Crippen LogP contribution in [0.5, 0.6) is 5.75 Å². The fraction of sp³-hybridized carbons (Fsp3) is 0.364. The van der Waals surface area contributed by atoms with E-state index in [9.17, 15) is 9.59 Å². The van der Waals surface area contributed by atoms with Gasteiger partial charge in [-0.1, -0.05) is 35.9 Å². The molecule has 6 nitrogen and oxygen atoms in total. The number of rotatable bonds is 5. The van der Waals surface area contributed by atoms with E-state index in [-0.39, 0.29) is 18.4 Å². The molecule has 2 aliphatic heterocycles. The Kier molecular flexibility index (Phi) is 6.02. The molecular formula is C22H24ClN3O3. The summed E-state index contributed by atoms with van der Waals surface area (Å²) in [5, 5.41) is 0.746. The average Bonchev–Trinajstić information content (AvgIpc) is 2.73. The number of ether oxygens (including phenoxy) is 1. The van der Waals surface area contributed by atoms with E-state index < -0.39 is 0 Å². The van der Waals surface area contributed by atoms with Crippen LogP contribution < -0.4 is 9.64 Å². The van der Waals surface area contributed by atoms with Crippen LogP contribution in [0.1, 0.15) is 12.0 Å². The van der Waals surface area contributed by atoms with Crippen LogP contribution in [0.2, 0.25) is 5.02 Å². The van der Waals surface area contributed by atoms with E-state index >= 15 is 0 Å². The van der Waals surface area contributed by atoms with Crippen LogP contribution in [0, 0.1) is 0 Å². The number of halogens is 1. The molecule has 2 amide bonds. The average molecular weight is 414 g/mol. The zero-order valence-electron chi connectivity index (χ0n) is 16.2. The highest BCUT2D eigenvalue weighted by atomic mass is 35.5. The summed E-state index contributed by atoms with van der Waals surface area (Å²) in [5.41, 5.74) is 1.92. The van der Waals surface area contributed by atoms with Crippen molar-refractivity contribution in [2.75, 3.05) is 44.2 Å². The third kappa shape index (κ3) is 4.71. The van der Waals surface area contributed by atoms with Crippen molar-refractivity contribution in [2.24, 2.45) is 0 Å². The number of benzene rings is 2. The molecule has 1 saturated heterocycles. The topological polar surface area (TPSA) is 53.1 Å². The first-order valence-electron chi connectivity index (χ1n) is 9.87. The minimum absolute atomic E-state index is 0.0212. The van der Waals surface area contributed by atoms with Crippen molar-refractivity contribution in [3.05, 3.63) is 59.1 Å². The second-order valence-corrected chi connectivity index (χ2v) is 7.78. The van der Waals surface area contributed by atoms with Crippen molar-refractivity contribution in [2.45, 2.75) is 13.0 Å². The van der Waals surface area contributed by atoms with Crippen molar-refractivity contribution in [1.82, 2.24) is 9.80 Å². The first-order chi connectivity index (χ1) is 14.1. The van der Waals surface area contributed by atoms with Crippen LogP contribution >= 0.6 is 11.6 Å². The SMILES string of the molecule is O=C(CCN1C(=O)COc2ccccc21)N1CCN(Cc2cccc(Cl)c2)CC1. The predicted molar refractivity (Wildman–Crippen MR) is 112 cm³/mol. The Morgan fingerprint density at radius 1 is 1.03 bits per heavy atom. The third-order valence-corrected chi connectivity index (χ3v) is 5.61. The molecule has 7 heteroatoms. The number of hydrogen-bond acceptors (Lipinski definition) is 4. The lowest BCUT2D eigenvalue weighted by Crippen LogP contribution is -2.49. The van der Waals surface area contributed by atoms with E-state index in [0.717, 1.165) is 30.3 Å². The van der Waals surface area contributed by atoms with E-state index in [2.05, 4.69) is 11.0 Å². The summed E-state index contributed by atoms with van der Waals surface area (Å²) in [4.78, 5) is 30.8. The highest BCUT2D eigenvalue weighted by Gasteiger charge is 2.27. The third-order valence-electron chi connectivity index (χ3n) is 5.38. The molecule has 0 unspecified atom stereocenters. The molecule has 29 heavy (non-hydrogen) atoms. The summed E-state index contributed by atoms with van der Waals surface area (Å²) in [6.45, 7) is 4.30. The Bertz CT molecular complexity index is 896. The van der Waals surface area contributed by atoms with E-state index in [1.165, 1.54) is 5.56 Å². The highest BCUT2D eigenvalue weighted by Crippen LogP contribution is 2.31. The van der Waals surface area contributed by atoms with Crippen molar-refractivity contribution >= 4 is 29.1 Å². The molecule has 0 N–H and O–H groups in total. The summed E-state index contributed by atoms with van der Waals surface area (Å²) < 4.78 is 5.46. The zero-order chi connectivity index (χ0) is 20.2. The molecule has 2 aromatic rings. The number of nitrogens with zero attached hydrogens (tertiary/aromatic N) is 3. The Hall–Kier alpha value is -2.57. The molecule has 0 radical (unpaired) electrons. The van der Waals surface area contributed by atoms with Gasteiger partial charge < -0.3 is 14.5 Å². The molecule has 152 valence electrons. The lowest BCUT2D eigenvalue weighted by molar-refractivity contribution is -0.132. The number of para-hydroxylation sites is 2. The highest BCUT2D eigenvalue weighted by molar-refractivity contribution is 6.30. The fourth-order valence-corrected chi connectivity index (χ4v) is 4.03. The van der Waals surface area contributed by atoms with Gasteiger partial charge in [-0.15, -0.1) is 0 Å². The van der Waals surface area contributed by atoms with E-state index in [1.807, 2.05) is 47.4 Å². The van der Waals surface area contributed by atoms with Crippen LogP contribution in [0.3, 0.4) is 0 Å². The Morgan fingerprint density at radius 3 is 2.62 bits per heavy atom. The van der Waals surface area contributed by atoms with Gasteiger partial charge in [-0.2, -0.15) is 0 Å². The maximum absolute atomic E-state index is 12.7. The zero-order valence-corrected chi connectivity index (χ0v) is 17.0. The standard InChI is InChI=1S/C22H24ClN3O3/c23-18-5-3-4-17(14-18)15-24-10-12-25(13-11-24)21(27)8-9-26-19-6-1-2-7-20(19)29-16-22(26)28/h1-7,14H,8-13,15-16H2. The quantitative estimate of drug-likeness (QED) is 0.756. The predicted octanol–water partition coefficient (Wildman–Crippen LogP) is 2.80. The summed E-state index contributed by atoms with van der Waals surface area (Å²) in [7, 11) is 0. The van der Waals surface area contributed by atoms with Gasteiger partial charge >= 0.3 is 0 Å². The lowest BCUT2D eigenvalue weighted by atomic mass is 10.2. The van der Waals surface area contributed by atoms with Crippen molar-refractivity contribution < 1.29 is 14.3 Å². The molecule has 4 rings (SSSR count). The molecule has 0 atom stereocenters.